The normalized spacial score (nSPS) is 12.6. The maximum absolute atomic E-state index is 4.53. The van der Waals surface area contributed by atoms with Crippen LogP contribution in [0.1, 0.15) is 43.3 Å². The Balaban J connectivity index is 2.21. The predicted octanol–water partition coefficient (Wildman–Crippen LogP) is 3.49. The van der Waals surface area contributed by atoms with Crippen LogP contribution in [0, 0.1) is 6.92 Å². The van der Waals surface area contributed by atoms with Crippen molar-refractivity contribution in [3.05, 3.63) is 53.6 Å². The number of aromatic nitrogens is 2. The fourth-order valence-corrected chi connectivity index (χ4v) is 2.67. The molecule has 1 aromatic carbocycles. The van der Waals surface area contributed by atoms with Gasteiger partial charge in [0.15, 0.2) is 0 Å². The lowest BCUT2D eigenvalue weighted by atomic mass is 9.98. The minimum absolute atomic E-state index is 0.333. The second kappa shape index (κ2) is 7.25. The first-order valence-electron chi connectivity index (χ1n) is 7.55. The van der Waals surface area contributed by atoms with Crippen molar-refractivity contribution in [2.75, 3.05) is 6.54 Å². The SMILES string of the molecule is CCCn1ccnc1CC(NCC)c1ccccc1C. The van der Waals surface area contributed by atoms with E-state index in [1.54, 1.807) is 0 Å². The van der Waals surface area contributed by atoms with E-state index in [4.69, 9.17) is 0 Å². The number of imidazole rings is 1. The van der Waals surface area contributed by atoms with Crippen LogP contribution < -0.4 is 5.32 Å². The highest BCUT2D eigenvalue weighted by Gasteiger charge is 2.15. The van der Waals surface area contributed by atoms with E-state index in [9.17, 15) is 0 Å². The highest BCUT2D eigenvalue weighted by molar-refractivity contribution is 5.29. The summed E-state index contributed by atoms with van der Waals surface area (Å²) < 4.78 is 2.27. The van der Waals surface area contributed by atoms with E-state index in [2.05, 4.69) is 66.1 Å². The van der Waals surface area contributed by atoms with Gasteiger partial charge in [-0.25, -0.2) is 4.98 Å². The molecule has 3 heteroatoms. The molecule has 2 aromatic rings. The van der Waals surface area contributed by atoms with E-state index in [-0.39, 0.29) is 0 Å². The van der Waals surface area contributed by atoms with Gasteiger partial charge in [-0.1, -0.05) is 38.1 Å². The lowest BCUT2D eigenvalue weighted by molar-refractivity contribution is 0.514. The minimum atomic E-state index is 0.333. The first-order valence-corrected chi connectivity index (χ1v) is 7.55. The number of rotatable bonds is 7. The molecule has 1 heterocycles. The second-order valence-electron chi connectivity index (χ2n) is 5.21. The van der Waals surface area contributed by atoms with Gasteiger partial charge in [0.05, 0.1) is 0 Å². The van der Waals surface area contributed by atoms with Crippen LogP contribution in [-0.4, -0.2) is 16.1 Å². The Bertz CT molecular complexity index is 531. The van der Waals surface area contributed by atoms with Gasteiger partial charge in [0.2, 0.25) is 0 Å². The molecule has 1 atom stereocenters. The van der Waals surface area contributed by atoms with Crippen molar-refractivity contribution in [3.8, 4) is 0 Å². The summed E-state index contributed by atoms with van der Waals surface area (Å²) in [6.45, 7) is 8.55. The van der Waals surface area contributed by atoms with Crippen LogP contribution >= 0.6 is 0 Å². The molecule has 0 saturated heterocycles. The number of benzene rings is 1. The third kappa shape index (κ3) is 3.48. The van der Waals surface area contributed by atoms with E-state index in [1.165, 1.54) is 17.0 Å². The molecule has 1 N–H and O–H groups in total. The Labute approximate surface area is 122 Å². The van der Waals surface area contributed by atoms with Gasteiger partial charge in [-0.05, 0) is 31.0 Å². The molecule has 0 fully saturated rings. The van der Waals surface area contributed by atoms with Crippen molar-refractivity contribution < 1.29 is 0 Å². The van der Waals surface area contributed by atoms with Crippen LogP contribution in [0.4, 0.5) is 0 Å². The maximum Gasteiger partial charge on any atom is 0.110 e. The fraction of sp³-hybridized carbons (Fsp3) is 0.471. The summed E-state index contributed by atoms with van der Waals surface area (Å²) in [5.74, 6) is 1.17. The summed E-state index contributed by atoms with van der Waals surface area (Å²) in [5, 5.41) is 3.59. The van der Waals surface area contributed by atoms with Gasteiger partial charge in [0.1, 0.15) is 5.82 Å². The van der Waals surface area contributed by atoms with Gasteiger partial charge in [0, 0.05) is 31.4 Å². The quantitative estimate of drug-likeness (QED) is 0.835. The molecule has 0 bridgehead atoms. The number of hydrogen-bond donors (Lipinski definition) is 1. The topological polar surface area (TPSA) is 29.9 Å². The molecule has 0 amide bonds. The van der Waals surface area contributed by atoms with Gasteiger partial charge in [0.25, 0.3) is 0 Å². The van der Waals surface area contributed by atoms with Crippen LogP contribution in [0.25, 0.3) is 0 Å². The Kier molecular flexibility index (Phi) is 5.36. The summed E-state index contributed by atoms with van der Waals surface area (Å²) in [5.41, 5.74) is 2.72. The number of nitrogens with one attached hydrogen (secondary N) is 1. The Morgan fingerprint density at radius 3 is 2.75 bits per heavy atom. The predicted molar refractivity (Wildman–Crippen MR) is 83.8 cm³/mol. The third-order valence-corrected chi connectivity index (χ3v) is 3.67. The van der Waals surface area contributed by atoms with Crippen LogP contribution in [0.5, 0.6) is 0 Å². The number of nitrogens with zero attached hydrogens (tertiary/aromatic N) is 2. The van der Waals surface area contributed by atoms with Gasteiger partial charge < -0.3 is 9.88 Å². The summed E-state index contributed by atoms with van der Waals surface area (Å²) >= 11 is 0. The Morgan fingerprint density at radius 2 is 2.05 bits per heavy atom. The number of aryl methyl sites for hydroxylation is 2. The second-order valence-corrected chi connectivity index (χ2v) is 5.21. The van der Waals surface area contributed by atoms with E-state index in [0.29, 0.717) is 6.04 Å². The Morgan fingerprint density at radius 1 is 1.25 bits per heavy atom. The van der Waals surface area contributed by atoms with Crippen molar-refractivity contribution in [1.82, 2.24) is 14.9 Å². The van der Waals surface area contributed by atoms with E-state index in [1.807, 2.05) is 6.20 Å². The lowest BCUT2D eigenvalue weighted by Crippen LogP contribution is -2.25. The zero-order valence-electron chi connectivity index (χ0n) is 12.8. The van der Waals surface area contributed by atoms with Gasteiger partial charge in [-0.2, -0.15) is 0 Å². The zero-order chi connectivity index (χ0) is 14.4. The molecule has 2 rings (SSSR count). The third-order valence-electron chi connectivity index (χ3n) is 3.67. The fourth-order valence-electron chi connectivity index (χ4n) is 2.67. The smallest absolute Gasteiger partial charge is 0.110 e. The average molecular weight is 271 g/mol. The van der Waals surface area contributed by atoms with Gasteiger partial charge >= 0.3 is 0 Å². The molecule has 0 radical (unpaired) electrons. The summed E-state index contributed by atoms with van der Waals surface area (Å²) in [4.78, 5) is 4.53. The molecule has 1 aromatic heterocycles. The van der Waals surface area contributed by atoms with E-state index >= 15 is 0 Å². The molecule has 0 aliphatic heterocycles. The maximum atomic E-state index is 4.53. The molecule has 108 valence electrons. The molecule has 0 saturated carbocycles. The monoisotopic (exact) mass is 271 g/mol. The van der Waals surface area contributed by atoms with Gasteiger partial charge in [-0.3, -0.25) is 0 Å². The van der Waals surface area contributed by atoms with Crippen molar-refractivity contribution in [2.24, 2.45) is 0 Å². The molecular formula is C17H25N3. The molecule has 1 unspecified atom stereocenters. The molecule has 0 aliphatic carbocycles. The first-order chi connectivity index (χ1) is 9.76. The molecular weight excluding hydrogens is 246 g/mol. The molecule has 0 spiro atoms. The van der Waals surface area contributed by atoms with Crippen molar-refractivity contribution in [3.63, 3.8) is 0 Å². The standard InChI is InChI=1S/C17H25N3/c1-4-11-20-12-10-19-17(20)13-16(18-5-2)15-9-7-6-8-14(15)3/h6-10,12,16,18H,4-5,11,13H2,1-3H3. The average Bonchev–Trinajstić information content (AvgIpc) is 2.87. The van der Waals surface area contributed by atoms with Crippen LogP contribution in [0.2, 0.25) is 0 Å². The summed E-state index contributed by atoms with van der Waals surface area (Å²) in [7, 11) is 0. The molecule has 20 heavy (non-hydrogen) atoms. The van der Waals surface area contributed by atoms with Crippen LogP contribution in [0.3, 0.4) is 0 Å². The highest BCUT2D eigenvalue weighted by Crippen LogP contribution is 2.21. The summed E-state index contributed by atoms with van der Waals surface area (Å²) in [6, 6.07) is 8.94. The summed E-state index contributed by atoms with van der Waals surface area (Å²) in [6.07, 6.45) is 6.07. The first kappa shape index (κ1) is 14.8. The molecule has 3 nitrogen and oxygen atoms in total. The van der Waals surface area contributed by atoms with Crippen molar-refractivity contribution in [1.29, 1.82) is 0 Å². The zero-order valence-corrected chi connectivity index (χ0v) is 12.8. The number of hydrogen-bond acceptors (Lipinski definition) is 2. The Hall–Kier alpha value is -1.61. The minimum Gasteiger partial charge on any atom is -0.335 e. The van der Waals surface area contributed by atoms with E-state index in [0.717, 1.165) is 25.9 Å². The van der Waals surface area contributed by atoms with Crippen molar-refractivity contribution >= 4 is 0 Å². The highest BCUT2D eigenvalue weighted by atomic mass is 15.1. The number of likely N-dealkylation sites (N-methyl/N-ethyl adjacent to an activating group) is 1. The molecule has 0 aliphatic rings. The van der Waals surface area contributed by atoms with Crippen LogP contribution in [0.15, 0.2) is 36.7 Å². The van der Waals surface area contributed by atoms with E-state index < -0.39 is 0 Å². The van der Waals surface area contributed by atoms with Crippen LogP contribution in [-0.2, 0) is 13.0 Å². The van der Waals surface area contributed by atoms with Gasteiger partial charge in [-0.15, -0.1) is 0 Å². The largest absolute Gasteiger partial charge is 0.335 e. The van der Waals surface area contributed by atoms with Crippen molar-refractivity contribution in [2.45, 2.75) is 46.2 Å². The lowest BCUT2D eigenvalue weighted by Gasteiger charge is -2.20.